The van der Waals surface area contributed by atoms with Crippen molar-refractivity contribution in [2.24, 2.45) is 0 Å². The summed E-state index contributed by atoms with van der Waals surface area (Å²) >= 11 is 13.5. The van der Waals surface area contributed by atoms with Gasteiger partial charge in [0.2, 0.25) is 0 Å². The predicted octanol–water partition coefficient (Wildman–Crippen LogP) is 5.34. The molecule has 0 N–H and O–H groups in total. The summed E-state index contributed by atoms with van der Waals surface area (Å²) in [5, 5.41) is 10.3. The van der Waals surface area contributed by atoms with E-state index in [1.807, 2.05) is 36.4 Å². The van der Waals surface area contributed by atoms with Crippen molar-refractivity contribution in [3.05, 3.63) is 64.3 Å². The van der Waals surface area contributed by atoms with E-state index >= 15 is 0 Å². The number of hydrogen-bond donors (Lipinski definition) is 0. The average molecular weight is 337 g/mol. The molecule has 2 aromatic heterocycles. The Morgan fingerprint density at radius 1 is 1.00 bits per heavy atom. The van der Waals surface area contributed by atoms with Crippen LogP contribution in [0.5, 0.6) is 0 Å². The molecule has 0 saturated heterocycles. The molecule has 0 bridgehead atoms. The van der Waals surface area contributed by atoms with Gasteiger partial charge in [-0.2, -0.15) is 0 Å². The lowest BCUT2D eigenvalue weighted by atomic mass is 10.2. The van der Waals surface area contributed by atoms with Gasteiger partial charge in [-0.1, -0.05) is 41.0 Å². The predicted molar refractivity (Wildman–Crippen MR) is 85.8 cm³/mol. The third-order valence-corrected chi connectivity index (χ3v) is 4.51. The molecule has 0 saturated carbocycles. The summed E-state index contributed by atoms with van der Waals surface area (Å²) in [6.07, 6.45) is 1.62. The second-order valence-corrected chi connectivity index (χ2v) is 6.08. The summed E-state index contributed by atoms with van der Waals surface area (Å²) in [7, 11) is 0. The minimum absolute atomic E-state index is 0.563. The molecule has 6 heteroatoms. The van der Waals surface area contributed by atoms with Gasteiger partial charge in [-0.3, -0.25) is 0 Å². The first-order chi connectivity index (χ1) is 10.2. The Hall–Kier alpha value is -1.49. The van der Waals surface area contributed by atoms with Crippen LogP contribution in [-0.4, -0.2) is 10.2 Å². The largest absolute Gasteiger partial charge is 0.463 e. The van der Waals surface area contributed by atoms with Gasteiger partial charge >= 0.3 is 0 Å². The molecule has 0 radical (unpaired) electrons. The lowest BCUT2D eigenvalue weighted by Crippen LogP contribution is -1.89. The minimum atomic E-state index is 0.563. The van der Waals surface area contributed by atoms with E-state index in [1.54, 1.807) is 24.1 Å². The molecule has 0 aliphatic carbocycles. The average Bonchev–Trinajstić information content (AvgIpc) is 3.03. The van der Waals surface area contributed by atoms with Crippen LogP contribution < -0.4 is 0 Å². The molecule has 3 aromatic rings. The minimum Gasteiger partial charge on any atom is -0.463 e. The summed E-state index contributed by atoms with van der Waals surface area (Å²) in [5.41, 5.74) is 1.81. The zero-order valence-electron chi connectivity index (χ0n) is 10.8. The number of halogens is 2. The molecule has 3 nitrogen and oxygen atoms in total. The highest BCUT2D eigenvalue weighted by atomic mass is 35.5. The van der Waals surface area contributed by atoms with Crippen LogP contribution >= 0.6 is 35.0 Å². The Balaban J connectivity index is 1.66. The molecule has 21 heavy (non-hydrogen) atoms. The van der Waals surface area contributed by atoms with Gasteiger partial charge in [0.05, 0.1) is 16.3 Å². The number of rotatable bonds is 4. The maximum absolute atomic E-state index is 5.99. The lowest BCUT2D eigenvalue weighted by Gasteiger charge is -2.03. The van der Waals surface area contributed by atoms with Gasteiger partial charge in [0.1, 0.15) is 10.7 Å². The van der Waals surface area contributed by atoms with Gasteiger partial charge < -0.3 is 4.42 Å². The first-order valence-electron chi connectivity index (χ1n) is 6.17. The molecule has 0 atom stereocenters. The number of aromatic nitrogens is 2. The van der Waals surface area contributed by atoms with Crippen molar-refractivity contribution in [1.82, 2.24) is 10.2 Å². The van der Waals surface area contributed by atoms with Gasteiger partial charge in [-0.05, 0) is 42.0 Å². The zero-order chi connectivity index (χ0) is 14.7. The molecule has 106 valence electrons. The van der Waals surface area contributed by atoms with Crippen molar-refractivity contribution in [2.45, 2.75) is 10.8 Å². The maximum Gasteiger partial charge on any atom is 0.154 e. The van der Waals surface area contributed by atoms with E-state index < -0.39 is 0 Å². The van der Waals surface area contributed by atoms with E-state index in [0.29, 0.717) is 15.8 Å². The molecule has 2 heterocycles. The molecule has 0 unspecified atom stereocenters. The third kappa shape index (κ3) is 3.59. The first kappa shape index (κ1) is 14.4. The Bertz CT molecular complexity index is 730. The van der Waals surface area contributed by atoms with Crippen LogP contribution in [-0.2, 0) is 5.75 Å². The van der Waals surface area contributed by atoms with Crippen LogP contribution in [0.25, 0.3) is 11.5 Å². The van der Waals surface area contributed by atoms with Crippen molar-refractivity contribution in [3.63, 3.8) is 0 Å². The van der Waals surface area contributed by atoms with Crippen LogP contribution in [0.2, 0.25) is 10.0 Å². The van der Waals surface area contributed by atoms with Gasteiger partial charge in [0.15, 0.2) is 5.76 Å². The standard InChI is InChI=1S/C15H10Cl2N2OS/c16-11-4-3-10(8-12(11)17)9-21-15-6-5-13(18-19-15)14-2-1-7-20-14/h1-8H,9H2. The number of nitrogens with zero attached hydrogens (tertiary/aromatic N) is 2. The molecule has 0 aliphatic rings. The molecule has 0 fully saturated rings. The van der Waals surface area contributed by atoms with Crippen LogP contribution in [0.1, 0.15) is 5.56 Å². The fraction of sp³-hybridized carbons (Fsp3) is 0.0667. The Kier molecular flexibility index (Phi) is 4.48. The second-order valence-electron chi connectivity index (χ2n) is 4.27. The summed E-state index contributed by atoms with van der Waals surface area (Å²) in [4.78, 5) is 0. The lowest BCUT2D eigenvalue weighted by molar-refractivity contribution is 0.578. The fourth-order valence-corrected chi connectivity index (χ4v) is 2.82. The second kappa shape index (κ2) is 6.52. The zero-order valence-corrected chi connectivity index (χ0v) is 13.1. The molecule has 0 amide bonds. The summed E-state index contributed by atoms with van der Waals surface area (Å²) in [5.74, 6) is 1.47. The molecule has 3 rings (SSSR count). The molecular weight excluding hydrogens is 327 g/mol. The van der Waals surface area contributed by atoms with E-state index in [0.717, 1.165) is 22.0 Å². The molecule has 0 spiro atoms. The van der Waals surface area contributed by atoms with Crippen LogP contribution in [0.15, 0.2) is 58.2 Å². The van der Waals surface area contributed by atoms with Crippen LogP contribution in [0.4, 0.5) is 0 Å². The van der Waals surface area contributed by atoms with E-state index in [4.69, 9.17) is 27.6 Å². The topological polar surface area (TPSA) is 38.9 Å². The molecular formula is C15H10Cl2N2OS. The van der Waals surface area contributed by atoms with Crippen molar-refractivity contribution >= 4 is 35.0 Å². The quantitative estimate of drug-likeness (QED) is 0.603. The van der Waals surface area contributed by atoms with Crippen LogP contribution in [0, 0.1) is 0 Å². The normalized spacial score (nSPS) is 10.8. The Labute approximate surface area is 136 Å². The highest BCUT2D eigenvalue weighted by Crippen LogP contribution is 2.27. The monoisotopic (exact) mass is 336 g/mol. The SMILES string of the molecule is Clc1ccc(CSc2ccc(-c3ccco3)nn2)cc1Cl. The van der Waals surface area contributed by atoms with Crippen molar-refractivity contribution in [2.75, 3.05) is 0 Å². The van der Waals surface area contributed by atoms with Crippen molar-refractivity contribution in [1.29, 1.82) is 0 Å². The Morgan fingerprint density at radius 3 is 2.57 bits per heavy atom. The highest BCUT2D eigenvalue weighted by molar-refractivity contribution is 7.98. The molecule has 1 aromatic carbocycles. The van der Waals surface area contributed by atoms with Gasteiger partial charge in [-0.15, -0.1) is 10.2 Å². The van der Waals surface area contributed by atoms with E-state index in [-0.39, 0.29) is 0 Å². The number of hydrogen-bond acceptors (Lipinski definition) is 4. The summed E-state index contributed by atoms with van der Waals surface area (Å²) < 4.78 is 5.28. The number of benzene rings is 1. The smallest absolute Gasteiger partial charge is 0.154 e. The Morgan fingerprint density at radius 2 is 1.90 bits per heavy atom. The van der Waals surface area contributed by atoms with Crippen molar-refractivity contribution < 1.29 is 4.42 Å². The third-order valence-electron chi connectivity index (χ3n) is 2.78. The fourth-order valence-electron chi connectivity index (χ4n) is 1.74. The van der Waals surface area contributed by atoms with Gasteiger partial charge in [-0.25, -0.2) is 0 Å². The summed E-state index contributed by atoms with van der Waals surface area (Å²) in [6.45, 7) is 0. The summed E-state index contributed by atoms with van der Waals surface area (Å²) in [6, 6.07) is 13.1. The molecule has 0 aliphatic heterocycles. The number of thioether (sulfide) groups is 1. The van der Waals surface area contributed by atoms with Gasteiger partial charge in [0, 0.05) is 5.75 Å². The van der Waals surface area contributed by atoms with E-state index in [2.05, 4.69) is 10.2 Å². The van der Waals surface area contributed by atoms with E-state index in [1.165, 1.54) is 0 Å². The maximum atomic E-state index is 5.99. The highest BCUT2D eigenvalue weighted by Gasteiger charge is 2.05. The van der Waals surface area contributed by atoms with Crippen molar-refractivity contribution in [3.8, 4) is 11.5 Å². The number of furan rings is 1. The van der Waals surface area contributed by atoms with Crippen LogP contribution in [0.3, 0.4) is 0 Å². The van der Waals surface area contributed by atoms with Gasteiger partial charge in [0.25, 0.3) is 0 Å². The first-order valence-corrected chi connectivity index (χ1v) is 7.91. The van der Waals surface area contributed by atoms with E-state index in [9.17, 15) is 0 Å².